The molecule has 0 radical (unpaired) electrons. The fourth-order valence-corrected chi connectivity index (χ4v) is 2.00. The third-order valence-electron chi connectivity index (χ3n) is 3.05. The summed E-state index contributed by atoms with van der Waals surface area (Å²) in [5.74, 6) is -0.581. The summed E-state index contributed by atoms with van der Waals surface area (Å²) in [7, 11) is 0. The topological polar surface area (TPSA) is 37.3 Å². The molecule has 2 nitrogen and oxygen atoms in total. The van der Waals surface area contributed by atoms with Gasteiger partial charge in [0.25, 0.3) is 0 Å². The lowest BCUT2D eigenvalue weighted by molar-refractivity contribution is 0.104. The number of Topliss-reactive ketones (excluding diaryl/α,β-unsaturated/α-hetero) is 1. The van der Waals surface area contributed by atoms with Crippen molar-refractivity contribution in [3.63, 3.8) is 0 Å². The van der Waals surface area contributed by atoms with Gasteiger partial charge in [0.05, 0.1) is 0 Å². The molecule has 20 heavy (non-hydrogen) atoms. The molecule has 0 atom stereocenters. The van der Waals surface area contributed by atoms with Crippen LogP contribution in [0.25, 0.3) is 5.76 Å². The quantitative estimate of drug-likeness (QED) is 0.506. The minimum atomic E-state index is -0.384. The summed E-state index contributed by atoms with van der Waals surface area (Å²) in [6.07, 6.45) is 0. The first kappa shape index (κ1) is 14.4. The van der Waals surface area contributed by atoms with Crippen LogP contribution >= 0.6 is 11.6 Å². The molecule has 2 aromatic rings. The predicted molar refractivity (Wildman–Crippen MR) is 82.1 cm³/mol. The monoisotopic (exact) mass is 286 g/mol. The van der Waals surface area contributed by atoms with Gasteiger partial charge in [0, 0.05) is 11.1 Å². The molecule has 0 saturated heterocycles. The maximum atomic E-state index is 12.2. The van der Waals surface area contributed by atoms with Crippen molar-refractivity contribution in [3.8, 4) is 0 Å². The normalized spacial score (nSPS) is 11.9. The Morgan fingerprint density at radius 1 is 0.850 bits per heavy atom. The fourth-order valence-electron chi connectivity index (χ4n) is 1.78. The molecule has 1 N–H and O–H groups in total. The van der Waals surface area contributed by atoms with Gasteiger partial charge in [-0.15, -0.1) is 0 Å². The molecule has 0 aliphatic heterocycles. The van der Waals surface area contributed by atoms with E-state index in [0.29, 0.717) is 11.1 Å². The zero-order valence-electron chi connectivity index (χ0n) is 11.4. The van der Waals surface area contributed by atoms with Gasteiger partial charge in [-0.25, -0.2) is 0 Å². The molecule has 0 spiro atoms. The van der Waals surface area contributed by atoms with E-state index in [1.807, 2.05) is 38.1 Å². The van der Waals surface area contributed by atoms with Gasteiger partial charge in [-0.05, 0) is 13.8 Å². The highest BCUT2D eigenvalue weighted by Gasteiger charge is 2.16. The lowest BCUT2D eigenvalue weighted by Gasteiger charge is -2.05. The molecule has 0 heterocycles. The van der Waals surface area contributed by atoms with Crippen LogP contribution in [0.3, 0.4) is 0 Å². The van der Waals surface area contributed by atoms with Crippen molar-refractivity contribution in [1.82, 2.24) is 0 Å². The Labute approximate surface area is 123 Å². The van der Waals surface area contributed by atoms with Crippen LogP contribution in [-0.2, 0) is 0 Å². The molecule has 0 bridgehead atoms. The summed E-state index contributed by atoms with van der Waals surface area (Å²) in [5, 5.41) is 9.92. The van der Waals surface area contributed by atoms with E-state index < -0.39 is 0 Å². The van der Waals surface area contributed by atoms with Crippen LogP contribution < -0.4 is 0 Å². The van der Waals surface area contributed by atoms with E-state index in [2.05, 4.69) is 0 Å². The number of hydrogen-bond acceptors (Lipinski definition) is 2. The molecule has 3 heteroatoms. The first-order valence-corrected chi connectivity index (χ1v) is 6.64. The highest BCUT2D eigenvalue weighted by molar-refractivity contribution is 6.47. The Balaban J connectivity index is 2.35. The van der Waals surface area contributed by atoms with Crippen molar-refractivity contribution < 1.29 is 9.90 Å². The number of aryl methyl sites for hydroxylation is 2. The van der Waals surface area contributed by atoms with Crippen LogP contribution in [0.4, 0.5) is 0 Å². The lowest BCUT2D eigenvalue weighted by Crippen LogP contribution is -2.02. The molecular weight excluding hydrogens is 272 g/mol. The second-order valence-electron chi connectivity index (χ2n) is 4.72. The van der Waals surface area contributed by atoms with Gasteiger partial charge in [0.1, 0.15) is 10.8 Å². The molecule has 2 rings (SSSR count). The number of benzene rings is 2. The Morgan fingerprint density at radius 3 is 1.70 bits per heavy atom. The number of allylic oxidation sites excluding steroid dienone is 1. The van der Waals surface area contributed by atoms with Gasteiger partial charge in [-0.1, -0.05) is 71.3 Å². The van der Waals surface area contributed by atoms with Gasteiger partial charge in [-0.2, -0.15) is 0 Å². The maximum absolute atomic E-state index is 12.2. The van der Waals surface area contributed by atoms with E-state index in [-0.39, 0.29) is 16.6 Å². The Hall–Kier alpha value is -2.06. The number of carbonyl (C=O) groups excluding carboxylic acids is 1. The zero-order chi connectivity index (χ0) is 14.7. The lowest BCUT2D eigenvalue weighted by atomic mass is 10.1. The number of carbonyl (C=O) groups is 1. The molecule has 0 fully saturated rings. The maximum Gasteiger partial charge on any atom is 0.208 e. The summed E-state index contributed by atoms with van der Waals surface area (Å²) in [6, 6.07) is 14.2. The SMILES string of the molecule is Cc1ccc(C(=O)C(Cl)=C(O)c2ccc(C)cc2)cc1. The van der Waals surface area contributed by atoms with E-state index in [1.54, 1.807) is 24.3 Å². The Morgan fingerprint density at radius 2 is 1.25 bits per heavy atom. The third-order valence-corrected chi connectivity index (χ3v) is 3.40. The van der Waals surface area contributed by atoms with Crippen LogP contribution in [0.2, 0.25) is 0 Å². The molecule has 0 aliphatic rings. The van der Waals surface area contributed by atoms with Gasteiger partial charge >= 0.3 is 0 Å². The van der Waals surface area contributed by atoms with Crippen molar-refractivity contribution in [2.45, 2.75) is 13.8 Å². The number of halogens is 1. The molecule has 0 amide bonds. The van der Waals surface area contributed by atoms with Crippen LogP contribution in [-0.4, -0.2) is 10.9 Å². The first-order chi connectivity index (χ1) is 9.49. The number of rotatable bonds is 3. The van der Waals surface area contributed by atoms with Crippen molar-refractivity contribution in [1.29, 1.82) is 0 Å². The number of aliphatic hydroxyl groups excluding tert-OH is 1. The van der Waals surface area contributed by atoms with E-state index in [0.717, 1.165) is 11.1 Å². The fraction of sp³-hybridized carbons (Fsp3) is 0.118. The van der Waals surface area contributed by atoms with Crippen molar-refractivity contribution in [2.24, 2.45) is 0 Å². The molecule has 0 saturated carbocycles. The number of hydrogen-bond donors (Lipinski definition) is 1. The van der Waals surface area contributed by atoms with Crippen LogP contribution in [0.1, 0.15) is 27.0 Å². The summed E-state index contributed by atoms with van der Waals surface area (Å²) < 4.78 is 0. The average Bonchev–Trinajstić information content (AvgIpc) is 2.46. The second-order valence-corrected chi connectivity index (χ2v) is 5.10. The van der Waals surface area contributed by atoms with E-state index in [1.165, 1.54) is 0 Å². The largest absolute Gasteiger partial charge is 0.506 e. The highest BCUT2D eigenvalue weighted by atomic mass is 35.5. The first-order valence-electron chi connectivity index (χ1n) is 6.26. The van der Waals surface area contributed by atoms with Crippen LogP contribution in [0, 0.1) is 13.8 Å². The van der Waals surface area contributed by atoms with Crippen molar-refractivity contribution in [2.75, 3.05) is 0 Å². The standard InChI is InChI=1S/C17H15ClO2/c1-11-3-7-13(8-4-11)16(19)15(18)17(20)14-9-5-12(2)6-10-14/h3-10,19H,1-2H3. The van der Waals surface area contributed by atoms with Crippen molar-refractivity contribution in [3.05, 3.63) is 75.8 Å². The summed E-state index contributed by atoms with van der Waals surface area (Å²) in [6.45, 7) is 3.89. The van der Waals surface area contributed by atoms with E-state index in [9.17, 15) is 9.90 Å². The Kier molecular flexibility index (Phi) is 4.26. The number of ketones is 1. The van der Waals surface area contributed by atoms with Gasteiger partial charge < -0.3 is 5.11 Å². The van der Waals surface area contributed by atoms with E-state index in [4.69, 9.17) is 11.6 Å². The molecule has 2 aromatic carbocycles. The average molecular weight is 287 g/mol. The zero-order valence-corrected chi connectivity index (χ0v) is 12.1. The molecule has 0 unspecified atom stereocenters. The second kappa shape index (κ2) is 5.93. The minimum Gasteiger partial charge on any atom is -0.506 e. The van der Waals surface area contributed by atoms with Crippen molar-refractivity contribution >= 4 is 23.1 Å². The predicted octanol–water partition coefficient (Wildman–Crippen LogP) is 4.65. The smallest absolute Gasteiger partial charge is 0.208 e. The van der Waals surface area contributed by atoms with Crippen LogP contribution in [0.15, 0.2) is 53.6 Å². The summed E-state index contributed by atoms with van der Waals surface area (Å²) in [4.78, 5) is 12.2. The highest BCUT2D eigenvalue weighted by Crippen LogP contribution is 2.23. The molecular formula is C17H15ClO2. The van der Waals surface area contributed by atoms with Gasteiger partial charge in [0.15, 0.2) is 0 Å². The van der Waals surface area contributed by atoms with E-state index >= 15 is 0 Å². The third kappa shape index (κ3) is 3.09. The molecule has 102 valence electrons. The minimum absolute atomic E-state index is 0.169. The molecule has 0 aliphatic carbocycles. The molecule has 0 aromatic heterocycles. The Bertz CT molecular complexity index is 652. The van der Waals surface area contributed by atoms with Gasteiger partial charge in [-0.3, -0.25) is 4.79 Å². The number of aliphatic hydroxyl groups is 1. The summed E-state index contributed by atoms with van der Waals surface area (Å²) in [5.41, 5.74) is 3.12. The summed E-state index contributed by atoms with van der Waals surface area (Å²) >= 11 is 6.01. The van der Waals surface area contributed by atoms with Gasteiger partial charge in [0.2, 0.25) is 5.78 Å². The van der Waals surface area contributed by atoms with Crippen LogP contribution in [0.5, 0.6) is 0 Å².